The van der Waals surface area contributed by atoms with E-state index in [0.717, 1.165) is 22.7 Å². The summed E-state index contributed by atoms with van der Waals surface area (Å²) in [4.78, 5) is 4.95. The molecule has 0 amide bonds. The molecule has 0 aliphatic carbocycles. The molecular formula is C13H15F3IN5S. The first-order valence-corrected chi connectivity index (χ1v) is 7.11. The number of aryl methyl sites for hydroxylation is 1. The van der Waals surface area contributed by atoms with Crippen LogP contribution in [-0.2, 0) is 19.3 Å². The van der Waals surface area contributed by atoms with Crippen LogP contribution >= 0.6 is 35.5 Å². The number of hydrogen-bond acceptors (Lipinski definition) is 4. The molecule has 2 aromatic rings. The van der Waals surface area contributed by atoms with Crippen LogP contribution in [0.3, 0.4) is 0 Å². The van der Waals surface area contributed by atoms with Crippen LogP contribution in [0.4, 0.5) is 13.2 Å². The zero-order chi connectivity index (χ0) is 16.2. The lowest BCUT2D eigenvalue weighted by molar-refractivity contribution is -0.137. The van der Waals surface area contributed by atoms with Gasteiger partial charge in [0.15, 0.2) is 5.96 Å². The van der Waals surface area contributed by atoms with Gasteiger partial charge in [-0.2, -0.15) is 13.2 Å². The quantitative estimate of drug-likeness (QED) is 0.421. The molecule has 23 heavy (non-hydrogen) atoms. The van der Waals surface area contributed by atoms with E-state index in [1.54, 1.807) is 6.07 Å². The molecule has 0 bridgehead atoms. The number of nitrogens with two attached hydrogens (primary N) is 1. The molecule has 0 spiro atoms. The van der Waals surface area contributed by atoms with Gasteiger partial charge in [0, 0.05) is 0 Å². The van der Waals surface area contributed by atoms with Gasteiger partial charge in [-0.15, -0.1) is 29.1 Å². The lowest BCUT2D eigenvalue weighted by Gasteiger charge is -2.08. The van der Waals surface area contributed by atoms with Gasteiger partial charge < -0.3 is 11.1 Å². The molecule has 0 aliphatic rings. The third kappa shape index (κ3) is 5.94. The van der Waals surface area contributed by atoms with E-state index in [2.05, 4.69) is 19.9 Å². The molecule has 3 N–H and O–H groups in total. The second-order valence-electron chi connectivity index (χ2n) is 4.53. The Bertz CT molecular complexity index is 672. The Morgan fingerprint density at radius 1 is 1.39 bits per heavy atom. The molecule has 1 aromatic carbocycles. The van der Waals surface area contributed by atoms with Gasteiger partial charge in [0.25, 0.3) is 0 Å². The van der Waals surface area contributed by atoms with Crippen LogP contribution in [0.5, 0.6) is 0 Å². The lowest BCUT2D eigenvalue weighted by atomic mass is 10.1. The Labute approximate surface area is 152 Å². The molecule has 0 saturated heterocycles. The van der Waals surface area contributed by atoms with Crippen LogP contribution in [0, 0.1) is 6.92 Å². The van der Waals surface area contributed by atoms with E-state index in [-0.39, 0.29) is 36.5 Å². The van der Waals surface area contributed by atoms with Crippen molar-refractivity contribution in [3.05, 3.63) is 46.0 Å². The fourth-order valence-electron chi connectivity index (χ4n) is 1.66. The highest BCUT2D eigenvalue weighted by Crippen LogP contribution is 2.29. The van der Waals surface area contributed by atoms with Crippen molar-refractivity contribution >= 4 is 41.5 Å². The van der Waals surface area contributed by atoms with Crippen LogP contribution in [0.2, 0.25) is 0 Å². The number of hydrogen-bond donors (Lipinski definition) is 2. The Hall–Kier alpha value is -1.43. The van der Waals surface area contributed by atoms with Gasteiger partial charge in [-0.3, -0.25) is 0 Å². The minimum Gasteiger partial charge on any atom is -0.370 e. The first-order chi connectivity index (χ1) is 10.4. The van der Waals surface area contributed by atoms with Crippen LogP contribution in [0.1, 0.15) is 21.7 Å². The molecule has 0 saturated carbocycles. The molecule has 0 aliphatic heterocycles. The molecule has 126 valence electrons. The minimum absolute atomic E-state index is 0. The normalized spacial score (nSPS) is 11.9. The number of aliphatic imine (C=N–C) groups is 1. The van der Waals surface area contributed by atoms with Crippen molar-refractivity contribution in [3.63, 3.8) is 0 Å². The maximum absolute atomic E-state index is 12.6. The molecule has 0 fully saturated rings. The minimum atomic E-state index is -4.36. The predicted octanol–water partition coefficient (Wildman–Crippen LogP) is 3.09. The first kappa shape index (κ1) is 19.6. The Morgan fingerprint density at radius 2 is 2.13 bits per heavy atom. The van der Waals surface area contributed by atoms with Crippen molar-refractivity contribution < 1.29 is 13.2 Å². The van der Waals surface area contributed by atoms with Gasteiger partial charge in [-0.05, 0) is 36.2 Å². The van der Waals surface area contributed by atoms with Crippen molar-refractivity contribution in [2.24, 2.45) is 10.7 Å². The highest BCUT2D eigenvalue weighted by molar-refractivity contribution is 14.0. The van der Waals surface area contributed by atoms with Gasteiger partial charge in [0.05, 0.1) is 29.2 Å². The number of alkyl halides is 3. The summed E-state index contributed by atoms with van der Waals surface area (Å²) in [5.74, 6) is 0.158. The van der Waals surface area contributed by atoms with E-state index in [9.17, 15) is 13.2 Å². The number of guanidine groups is 1. The molecule has 0 radical (unpaired) electrons. The number of nitrogens with zero attached hydrogens (tertiary/aromatic N) is 3. The van der Waals surface area contributed by atoms with Crippen molar-refractivity contribution in [2.45, 2.75) is 26.2 Å². The van der Waals surface area contributed by atoms with E-state index in [1.807, 2.05) is 6.92 Å². The Kier molecular flexibility index (Phi) is 7.19. The smallest absolute Gasteiger partial charge is 0.370 e. The molecule has 2 rings (SSSR count). The number of nitrogens with one attached hydrogen (secondary N) is 1. The average Bonchev–Trinajstić information content (AvgIpc) is 2.88. The molecule has 5 nitrogen and oxygen atoms in total. The summed E-state index contributed by atoms with van der Waals surface area (Å²) < 4.78 is 41.6. The highest BCUT2D eigenvalue weighted by atomic mass is 127. The maximum Gasteiger partial charge on any atom is 0.416 e. The molecule has 10 heteroatoms. The second-order valence-corrected chi connectivity index (χ2v) is 5.37. The fourth-order valence-corrected chi connectivity index (χ4v) is 2.23. The number of aromatic nitrogens is 2. The Morgan fingerprint density at radius 3 is 2.74 bits per heavy atom. The zero-order valence-corrected chi connectivity index (χ0v) is 15.2. The van der Waals surface area contributed by atoms with Gasteiger partial charge in [-0.1, -0.05) is 16.6 Å². The summed E-state index contributed by atoms with van der Waals surface area (Å²) in [6, 6.07) is 5.01. The van der Waals surface area contributed by atoms with Crippen molar-refractivity contribution in [3.8, 4) is 0 Å². The van der Waals surface area contributed by atoms with Crippen LogP contribution in [0.25, 0.3) is 0 Å². The summed E-state index contributed by atoms with van der Waals surface area (Å²) in [5.41, 5.74) is 6.24. The summed E-state index contributed by atoms with van der Waals surface area (Å²) >= 11 is 1.25. The number of benzene rings is 1. The summed E-state index contributed by atoms with van der Waals surface area (Å²) in [5, 5.41) is 6.74. The monoisotopic (exact) mass is 457 g/mol. The topological polar surface area (TPSA) is 76.2 Å². The second kappa shape index (κ2) is 8.43. The number of rotatable bonds is 4. The van der Waals surface area contributed by atoms with E-state index in [0.29, 0.717) is 12.1 Å². The third-order valence-electron chi connectivity index (χ3n) is 2.86. The average molecular weight is 457 g/mol. The van der Waals surface area contributed by atoms with Crippen molar-refractivity contribution in [1.29, 1.82) is 0 Å². The van der Waals surface area contributed by atoms with Crippen LogP contribution in [-0.4, -0.2) is 15.5 Å². The summed E-state index contributed by atoms with van der Waals surface area (Å²) in [6.45, 7) is 2.33. The van der Waals surface area contributed by atoms with E-state index in [1.165, 1.54) is 17.6 Å². The van der Waals surface area contributed by atoms with Gasteiger partial charge in [0.2, 0.25) is 0 Å². The largest absolute Gasteiger partial charge is 0.416 e. The SMILES string of the molecule is Cc1nnsc1CNC(N)=NCc1cccc(C(F)(F)F)c1.I. The summed E-state index contributed by atoms with van der Waals surface area (Å²) in [7, 11) is 0. The molecule has 1 aromatic heterocycles. The predicted molar refractivity (Wildman–Crippen MR) is 93.7 cm³/mol. The standard InChI is InChI=1S/C13H14F3N5S.HI/c1-8-11(22-21-20-8)7-19-12(17)18-6-9-3-2-4-10(5-9)13(14,15)16;/h2-5H,6-7H2,1H3,(H3,17,18,19);1H. The lowest BCUT2D eigenvalue weighted by Crippen LogP contribution is -2.31. The van der Waals surface area contributed by atoms with Gasteiger partial charge in [0.1, 0.15) is 0 Å². The first-order valence-electron chi connectivity index (χ1n) is 6.34. The number of halogens is 4. The van der Waals surface area contributed by atoms with Crippen LogP contribution in [0.15, 0.2) is 29.3 Å². The maximum atomic E-state index is 12.6. The molecular weight excluding hydrogens is 442 g/mol. The van der Waals surface area contributed by atoms with Gasteiger partial charge >= 0.3 is 6.18 Å². The molecule has 0 unspecified atom stereocenters. The Balaban J connectivity index is 0.00000264. The van der Waals surface area contributed by atoms with Gasteiger partial charge in [-0.25, -0.2) is 4.99 Å². The highest BCUT2D eigenvalue weighted by Gasteiger charge is 2.30. The molecule has 1 heterocycles. The van der Waals surface area contributed by atoms with Crippen molar-refractivity contribution in [2.75, 3.05) is 0 Å². The van der Waals surface area contributed by atoms with E-state index < -0.39 is 11.7 Å². The van der Waals surface area contributed by atoms with E-state index in [4.69, 9.17) is 5.73 Å². The van der Waals surface area contributed by atoms with E-state index >= 15 is 0 Å². The fraction of sp³-hybridized carbons (Fsp3) is 0.308. The summed E-state index contributed by atoms with van der Waals surface area (Å²) in [6.07, 6.45) is -4.36. The van der Waals surface area contributed by atoms with Crippen LogP contribution < -0.4 is 11.1 Å². The molecule has 0 atom stereocenters. The van der Waals surface area contributed by atoms with Crippen molar-refractivity contribution in [1.82, 2.24) is 14.9 Å². The zero-order valence-electron chi connectivity index (χ0n) is 12.1. The third-order valence-corrected chi connectivity index (χ3v) is 3.69.